The summed E-state index contributed by atoms with van der Waals surface area (Å²) >= 11 is 0. The van der Waals surface area contributed by atoms with Crippen molar-refractivity contribution in [3.63, 3.8) is 0 Å². The monoisotopic (exact) mass is 179 g/mol. The Morgan fingerprint density at radius 1 is 1.46 bits per heavy atom. The van der Waals surface area contributed by atoms with Crippen LogP contribution in [0.5, 0.6) is 0 Å². The van der Waals surface area contributed by atoms with Crippen molar-refractivity contribution >= 4 is 0 Å². The Balaban J connectivity index is 2.08. The first-order valence-electron chi connectivity index (χ1n) is 4.94. The summed E-state index contributed by atoms with van der Waals surface area (Å²) < 4.78 is 1.89. The van der Waals surface area contributed by atoms with Crippen molar-refractivity contribution in [3.05, 3.63) is 18.0 Å². The molecule has 0 saturated carbocycles. The van der Waals surface area contributed by atoms with E-state index in [-0.39, 0.29) is 0 Å². The van der Waals surface area contributed by atoms with Gasteiger partial charge in [0.2, 0.25) is 0 Å². The number of hydrogen-bond donors (Lipinski definition) is 0. The molecule has 1 atom stereocenters. The molecule has 3 heteroatoms. The maximum absolute atomic E-state index is 4.46. The van der Waals surface area contributed by atoms with E-state index in [0.29, 0.717) is 5.92 Å². The van der Waals surface area contributed by atoms with Crippen molar-refractivity contribution in [3.8, 4) is 0 Å². The maximum Gasteiger partial charge on any atom is 0.0668 e. The van der Waals surface area contributed by atoms with E-state index in [1.807, 2.05) is 17.9 Å². The van der Waals surface area contributed by atoms with Crippen LogP contribution in [0.15, 0.2) is 12.3 Å². The Bertz CT molecular complexity index is 279. The van der Waals surface area contributed by atoms with Gasteiger partial charge in [0, 0.05) is 25.7 Å². The van der Waals surface area contributed by atoms with E-state index < -0.39 is 0 Å². The highest BCUT2D eigenvalue weighted by Crippen LogP contribution is 2.24. The van der Waals surface area contributed by atoms with Gasteiger partial charge in [0.25, 0.3) is 0 Å². The highest BCUT2D eigenvalue weighted by atomic mass is 15.3. The van der Waals surface area contributed by atoms with Crippen molar-refractivity contribution in [1.82, 2.24) is 14.7 Å². The van der Waals surface area contributed by atoms with Gasteiger partial charge >= 0.3 is 0 Å². The summed E-state index contributed by atoms with van der Waals surface area (Å²) in [6, 6.07) is 2.14. The van der Waals surface area contributed by atoms with Crippen molar-refractivity contribution in [2.24, 2.45) is 7.05 Å². The van der Waals surface area contributed by atoms with Crippen LogP contribution in [0.4, 0.5) is 0 Å². The minimum atomic E-state index is 0.653. The molecular weight excluding hydrogens is 162 g/mol. The van der Waals surface area contributed by atoms with E-state index >= 15 is 0 Å². The normalized spacial score (nSPS) is 24.9. The van der Waals surface area contributed by atoms with Crippen LogP contribution in [-0.4, -0.2) is 34.8 Å². The fraction of sp³-hybridized carbons (Fsp3) is 0.700. The summed E-state index contributed by atoms with van der Waals surface area (Å²) in [6.07, 6.45) is 4.63. The minimum absolute atomic E-state index is 0.653. The van der Waals surface area contributed by atoms with E-state index in [2.05, 4.69) is 23.1 Å². The third kappa shape index (κ3) is 1.91. The average Bonchev–Trinajstić information content (AvgIpc) is 2.52. The summed E-state index contributed by atoms with van der Waals surface area (Å²) in [6.45, 7) is 2.40. The molecule has 1 aromatic heterocycles. The van der Waals surface area contributed by atoms with Crippen LogP contribution in [0.2, 0.25) is 0 Å². The van der Waals surface area contributed by atoms with Crippen LogP contribution in [0.1, 0.15) is 24.5 Å². The third-order valence-electron chi connectivity index (χ3n) is 2.78. The maximum atomic E-state index is 4.46. The SMILES string of the molecule is CN1CCCC(c2ccn(C)n2)C1. The first-order chi connectivity index (χ1) is 6.25. The highest BCUT2D eigenvalue weighted by molar-refractivity contribution is 5.07. The predicted molar refractivity (Wildman–Crippen MR) is 52.7 cm³/mol. The van der Waals surface area contributed by atoms with Gasteiger partial charge in [-0.15, -0.1) is 0 Å². The molecule has 0 spiro atoms. The second-order valence-electron chi connectivity index (χ2n) is 4.02. The predicted octanol–water partition coefficient (Wildman–Crippen LogP) is 1.23. The topological polar surface area (TPSA) is 21.1 Å². The van der Waals surface area contributed by atoms with Gasteiger partial charge in [-0.3, -0.25) is 4.68 Å². The third-order valence-corrected chi connectivity index (χ3v) is 2.78. The Morgan fingerprint density at radius 3 is 2.92 bits per heavy atom. The first kappa shape index (κ1) is 8.75. The van der Waals surface area contributed by atoms with E-state index in [1.165, 1.54) is 25.1 Å². The Hall–Kier alpha value is -0.830. The fourth-order valence-electron chi connectivity index (χ4n) is 2.06. The van der Waals surface area contributed by atoms with Crippen LogP contribution < -0.4 is 0 Å². The molecule has 1 fully saturated rings. The molecule has 0 bridgehead atoms. The lowest BCUT2D eigenvalue weighted by atomic mass is 9.95. The van der Waals surface area contributed by atoms with Crippen molar-refractivity contribution < 1.29 is 0 Å². The molecule has 0 radical (unpaired) electrons. The number of hydrogen-bond acceptors (Lipinski definition) is 2. The lowest BCUT2D eigenvalue weighted by Crippen LogP contribution is -2.31. The minimum Gasteiger partial charge on any atom is -0.306 e. The quantitative estimate of drug-likeness (QED) is 0.646. The molecule has 0 N–H and O–H groups in total. The van der Waals surface area contributed by atoms with Gasteiger partial charge in [0.1, 0.15) is 0 Å². The fourth-order valence-corrected chi connectivity index (χ4v) is 2.06. The van der Waals surface area contributed by atoms with Crippen LogP contribution in [0.3, 0.4) is 0 Å². The Morgan fingerprint density at radius 2 is 2.31 bits per heavy atom. The van der Waals surface area contributed by atoms with Crippen LogP contribution in [-0.2, 0) is 7.05 Å². The van der Waals surface area contributed by atoms with E-state index in [4.69, 9.17) is 0 Å². The summed E-state index contributed by atoms with van der Waals surface area (Å²) in [5.74, 6) is 0.653. The number of rotatable bonds is 1. The summed E-state index contributed by atoms with van der Waals surface area (Å²) in [5.41, 5.74) is 1.26. The molecule has 1 aromatic rings. The number of nitrogens with zero attached hydrogens (tertiary/aromatic N) is 3. The zero-order valence-electron chi connectivity index (χ0n) is 8.40. The summed E-state index contributed by atoms with van der Waals surface area (Å²) in [5, 5.41) is 4.46. The molecule has 72 valence electrons. The van der Waals surface area contributed by atoms with Crippen LogP contribution in [0, 0.1) is 0 Å². The second-order valence-corrected chi connectivity index (χ2v) is 4.02. The zero-order chi connectivity index (χ0) is 9.26. The van der Waals surface area contributed by atoms with Crippen LogP contribution >= 0.6 is 0 Å². The van der Waals surface area contributed by atoms with Gasteiger partial charge < -0.3 is 4.90 Å². The lowest BCUT2D eigenvalue weighted by Gasteiger charge is -2.28. The molecule has 1 unspecified atom stereocenters. The average molecular weight is 179 g/mol. The van der Waals surface area contributed by atoms with Gasteiger partial charge in [-0.2, -0.15) is 5.10 Å². The molecule has 1 aliphatic heterocycles. The number of likely N-dealkylation sites (N-methyl/N-ethyl adjacent to an activating group) is 1. The van der Waals surface area contributed by atoms with Crippen molar-refractivity contribution in [2.45, 2.75) is 18.8 Å². The molecule has 13 heavy (non-hydrogen) atoms. The molecule has 1 saturated heterocycles. The molecule has 3 nitrogen and oxygen atoms in total. The molecule has 0 aliphatic carbocycles. The summed E-state index contributed by atoms with van der Waals surface area (Å²) in [7, 11) is 4.17. The smallest absolute Gasteiger partial charge is 0.0668 e. The first-order valence-corrected chi connectivity index (χ1v) is 4.94. The number of aromatic nitrogens is 2. The van der Waals surface area contributed by atoms with E-state index in [0.717, 1.165) is 6.54 Å². The van der Waals surface area contributed by atoms with Gasteiger partial charge in [0.15, 0.2) is 0 Å². The van der Waals surface area contributed by atoms with Gasteiger partial charge in [0.05, 0.1) is 5.69 Å². The molecule has 2 heterocycles. The van der Waals surface area contributed by atoms with Crippen molar-refractivity contribution in [1.29, 1.82) is 0 Å². The molecule has 0 amide bonds. The zero-order valence-corrected chi connectivity index (χ0v) is 8.40. The van der Waals surface area contributed by atoms with Crippen LogP contribution in [0.25, 0.3) is 0 Å². The van der Waals surface area contributed by atoms with Gasteiger partial charge in [-0.1, -0.05) is 0 Å². The summed E-state index contributed by atoms with van der Waals surface area (Å²) in [4.78, 5) is 2.39. The molecule has 2 rings (SSSR count). The number of piperidine rings is 1. The van der Waals surface area contributed by atoms with E-state index in [1.54, 1.807) is 0 Å². The van der Waals surface area contributed by atoms with Crippen molar-refractivity contribution in [2.75, 3.05) is 20.1 Å². The Kier molecular flexibility index (Phi) is 2.36. The second kappa shape index (κ2) is 3.50. The standard InChI is InChI=1S/C10H17N3/c1-12-6-3-4-9(8-12)10-5-7-13(2)11-10/h5,7,9H,3-4,6,8H2,1-2H3. The largest absolute Gasteiger partial charge is 0.306 e. The molecular formula is C10H17N3. The molecule has 0 aromatic carbocycles. The van der Waals surface area contributed by atoms with E-state index in [9.17, 15) is 0 Å². The van der Waals surface area contributed by atoms with Gasteiger partial charge in [-0.05, 0) is 32.5 Å². The number of aryl methyl sites for hydroxylation is 1. The molecule has 1 aliphatic rings. The lowest BCUT2D eigenvalue weighted by molar-refractivity contribution is 0.248. The highest BCUT2D eigenvalue weighted by Gasteiger charge is 2.20. The Labute approximate surface area is 79.3 Å². The van der Waals surface area contributed by atoms with Gasteiger partial charge in [-0.25, -0.2) is 0 Å². The number of likely N-dealkylation sites (tertiary alicyclic amines) is 1.